The van der Waals surface area contributed by atoms with E-state index in [2.05, 4.69) is 5.32 Å². The van der Waals surface area contributed by atoms with Gasteiger partial charge in [-0.2, -0.15) is 0 Å². The highest BCUT2D eigenvalue weighted by atomic mass is 32.2. The number of rotatable bonds is 5. The molecule has 4 N–H and O–H groups in total. The topological polar surface area (TPSA) is 101 Å². The standard InChI is InChI=1S/C10H14FN3O3S/c1-18(16,17)14-9-6-7(2-3-8(9)11)13-10(15)4-5-12/h2-3,6,14H,4-5,12H2,1H3,(H,13,15). The molecule has 1 amide bonds. The molecule has 0 fully saturated rings. The van der Waals surface area contributed by atoms with Crippen LogP contribution in [0.3, 0.4) is 0 Å². The Bertz CT molecular complexity index is 545. The molecule has 0 atom stereocenters. The monoisotopic (exact) mass is 275 g/mol. The molecule has 6 nitrogen and oxygen atoms in total. The molecule has 0 heterocycles. The lowest BCUT2D eigenvalue weighted by Gasteiger charge is -2.09. The van der Waals surface area contributed by atoms with E-state index in [1.165, 1.54) is 12.1 Å². The van der Waals surface area contributed by atoms with Gasteiger partial charge in [0.05, 0.1) is 11.9 Å². The van der Waals surface area contributed by atoms with Crippen LogP contribution in [0, 0.1) is 5.82 Å². The highest BCUT2D eigenvalue weighted by Gasteiger charge is 2.09. The molecule has 1 rings (SSSR count). The summed E-state index contributed by atoms with van der Waals surface area (Å²) in [6, 6.07) is 3.59. The van der Waals surface area contributed by atoms with Gasteiger partial charge in [0.15, 0.2) is 0 Å². The normalized spacial score (nSPS) is 11.1. The smallest absolute Gasteiger partial charge is 0.229 e. The number of nitrogens with one attached hydrogen (secondary N) is 2. The molecule has 0 saturated heterocycles. The number of benzene rings is 1. The van der Waals surface area contributed by atoms with Crippen LogP contribution in [0.1, 0.15) is 6.42 Å². The highest BCUT2D eigenvalue weighted by molar-refractivity contribution is 7.92. The maximum absolute atomic E-state index is 13.3. The first-order chi connectivity index (χ1) is 8.31. The minimum Gasteiger partial charge on any atom is -0.330 e. The van der Waals surface area contributed by atoms with Gasteiger partial charge in [-0.25, -0.2) is 12.8 Å². The van der Waals surface area contributed by atoms with Gasteiger partial charge >= 0.3 is 0 Å². The van der Waals surface area contributed by atoms with Crippen molar-refractivity contribution in [3.63, 3.8) is 0 Å². The van der Waals surface area contributed by atoms with Crippen molar-refractivity contribution in [2.24, 2.45) is 5.73 Å². The molecular formula is C10H14FN3O3S. The number of halogens is 1. The second kappa shape index (κ2) is 5.78. The maximum atomic E-state index is 13.3. The van der Waals surface area contributed by atoms with E-state index in [4.69, 9.17) is 5.73 Å². The first kappa shape index (κ1) is 14.4. The Morgan fingerprint density at radius 1 is 1.44 bits per heavy atom. The summed E-state index contributed by atoms with van der Waals surface area (Å²) in [5, 5.41) is 2.48. The molecule has 0 spiro atoms. The van der Waals surface area contributed by atoms with Crippen molar-refractivity contribution in [3.05, 3.63) is 24.0 Å². The molecule has 0 aliphatic carbocycles. The second-order valence-electron chi connectivity index (χ2n) is 3.66. The van der Waals surface area contributed by atoms with Crippen LogP contribution in [0.25, 0.3) is 0 Å². The lowest BCUT2D eigenvalue weighted by atomic mass is 10.2. The van der Waals surface area contributed by atoms with Gasteiger partial charge in [-0.3, -0.25) is 9.52 Å². The number of nitrogens with two attached hydrogens (primary N) is 1. The van der Waals surface area contributed by atoms with Gasteiger partial charge < -0.3 is 11.1 Å². The Morgan fingerprint density at radius 3 is 2.67 bits per heavy atom. The van der Waals surface area contributed by atoms with E-state index < -0.39 is 15.8 Å². The van der Waals surface area contributed by atoms with Crippen molar-refractivity contribution in [2.75, 3.05) is 22.8 Å². The molecule has 0 unspecified atom stereocenters. The van der Waals surface area contributed by atoms with Crippen LogP contribution in [0.4, 0.5) is 15.8 Å². The zero-order valence-electron chi connectivity index (χ0n) is 9.73. The minimum absolute atomic E-state index is 0.131. The predicted molar refractivity (Wildman–Crippen MR) is 67.2 cm³/mol. The van der Waals surface area contributed by atoms with Crippen LogP contribution in [-0.2, 0) is 14.8 Å². The van der Waals surface area contributed by atoms with E-state index in [0.717, 1.165) is 12.3 Å². The molecule has 1 aromatic carbocycles. The SMILES string of the molecule is CS(=O)(=O)Nc1cc(NC(=O)CCN)ccc1F. The molecule has 1 aromatic rings. The van der Waals surface area contributed by atoms with Crippen molar-refractivity contribution >= 4 is 27.3 Å². The summed E-state index contributed by atoms with van der Waals surface area (Å²) in [6.07, 6.45) is 1.04. The molecule has 0 saturated carbocycles. The Hall–Kier alpha value is -1.67. The van der Waals surface area contributed by atoms with Crippen molar-refractivity contribution in [1.29, 1.82) is 0 Å². The van der Waals surface area contributed by atoms with Gasteiger partial charge in [-0.1, -0.05) is 0 Å². The van der Waals surface area contributed by atoms with Crippen LogP contribution in [0.5, 0.6) is 0 Å². The number of carbonyl (C=O) groups excluding carboxylic acids is 1. The largest absolute Gasteiger partial charge is 0.330 e. The Balaban J connectivity index is 2.90. The van der Waals surface area contributed by atoms with Crippen molar-refractivity contribution in [2.45, 2.75) is 6.42 Å². The van der Waals surface area contributed by atoms with Crippen molar-refractivity contribution in [3.8, 4) is 0 Å². The molecule has 100 valence electrons. The molecule has 8 heteroatoms. The van der Waals surface area contributed by atoms with Crippen LogP contribution >= 0.6 is 0 Å². The van der Waals surface area contributed by atoms with Gasteiger partial charge in [0, 0.05) is 18.7 Å². The van der Waals surface area contributed by atoms with E-state index in [0.29, 0.717) is 5.69 Å². The van der Waals surface area contributed by atoms with Crippen LogP contribution in [0.2, 0.25) is 0 Å². The summed E-state index contributed by atoms with van der Waals surface area (Å²) >= 11 is 0. The highest BCUT2D eigenvalue weighted by Crippen LogP contribution is 2.20. The third-order valence-electron chi connectivity index (χ3n) is 1.92. The van der Waals surface area contributed by atoms with Crippen LogP contribution in [-0.4, -0.2) is 27.1 Å². The van der Waals surface area contributed by atoms with E-state index in [9.17, 15) is 17.6 Å². The Morgan fingerprint density at radius 2 is 2.11 bits per heavy atom. The van der Waals surface area contributed by atoms with Crippen LogP contribution < -0.4 is 15.8 Å². The molecule has 0 aliphatic rings. The number of hydrogen-bond acceptors (Lipinski definition) is 4. The van der Waals surface area contributed by atoms with Gasteiger partial charge in [0.25, 0.3) is 0 Å². The lowest BCUT2D eigenvalue weighted by Crippen LogP contribution is -2.16. The van der Waals surface area contributed by atoms with Crippen molar-refractivity contribution in [1.82, 2.24) is 0 Å². The van der Waals surface area contributed by atoms with Gasteiger partial charge in [0.2, 0.25) is 15.9 Å². The minimum atomic E-state index is -3.58. The summed E-state index contributed by atoms with van der Waals surface area (Å²) in [4.78, 5) is 11.3. The molecule has 0 radical (unpaired) electrons. The van der Waals surface area contributed by atoms with E-state index in [1.807, 2.05) is 4.72 Å². The maximum Gasteiger partial charge on any atom is 0.229 e. The van der Waals surface area contributed by atoms with Gasteiger partial charge in [-0.15, -0.1) is 0 Å². The first-order valence-electron chi connectivity index (χ1n) is 5.09. The number of hydrogen-bond donors (Lipinski definition) is 3. The second-order valence-corrected chi connectivity index (χ2v) is 5.40. The summed E-state index contributed by atoms with van der Waals surface area (Å²) < 4.78 is 37.4. The zero-order valence-corrected chi connectivity index (χ0v) is 10.6. The number of anilines is 2. The molecule has 0 aromatic heterocycles. The average molecular weight is 275 g/mol. The summed E-state index contributed by atoms with van der Waals surface area (Å²) in [6.45, 7) is 0.196. The summed E-state index contributed by atoms with van der Waals surface area (Å²) in [5.74, 6) is -1.05. The lowest BCUT2D eigenvalue weighted by molar-refractivity contribution is -0.116. The molecule has 0 bridgehead atoms. The summed E-state index contributed by atoms with van der Waals surface area (Å²) in [5.41, 5.74) is 5.28. The quantitative estimate of drug-likeness (QED) is 0.727. The number of amides is 1. The fraction of sp³-hybridized carbons (Fsp3) is 0.300. The average Bonchev–Trinajstić information content (AvgIpc) is 2.21. The fourth-order valence-corrected chi connectivity index (χ4v) is 1.79. The number of sulfonamides is 1. The van der Waals surface area contributed by atoms with E-state index >= 15 is 0 Å². The van der Waals surface area contributed by atoms with Crippen LogP contribution in [0.15, 0.2) is 18.2 Å². The Kier molecular flexibility index (Phi) is 4.62. The van der Waals surface area contributed by atoms with E-state index in [1.54, 1.807) is 0 Å². The third-order valence-corrected chi connectivity index (χ3v) is 2.51. The van der Waals surface area contributed by atoms with Crippen molar-refractivity contribution < 1.29 is 17.6 Å². The zero-order chi connectivity index (χ0) is 13.8. The molecular weight excluding hydrogens is 261 g/mol. The van der Waals surface area contributed by atoms with Gasteiger partial charge in [-0.05, 0) is 18.2 Å². The predicted octanol–water partition coefficient (Wildman–Crippen LogP) is 0.484. The summed E-state index contributed by atoms with van der Waals surface area (Å²) in [7, 11) is -3.58. The first-order valence-corrected chi connectivity index (χ1v) is 6.98. The van der Waals surface area contributed by atoms with Gasteiger partial charge in [0.1, 0.15) is 5.82 Å². The fourth-order valence-electron chi connectivity index (χ4n) is 1.24. The molecule has 0 aliphatic heterocycles. The van der Waals surface area contributed by atoms with E-state index in [-0.39, 0.29) is 24.6 Å². The number of carbonyl (C=O) groups is 1. The molecule has 18 heavy (non-hydrogen) atoms. The Labute approximate surface area is 104 Å². The third kappa shape index (κ3) is 4.68.